The van der Waals surface area contributed by atoms with Gasteiger partial charge in [-0.25, -0.2) is 0 Å². The third-order valence-electron chi connectivity index (χ3n) is 12.5. The smallest absolute Gasteiger partial charge is 0.309 e. The Hall–Kier alpha value is -2.73. The summed E-state index contributed by atoms with van der Waals surface area (Å²) >= 11 is 0. The number of esters is 4. The molecule has 4 atom stereocenters. The van der Waals surface area contributed by atoms with Crippen LogP contribution in [-0.2, 0) is 42.9 Å². The minimum Gasteiger partial charge on any atom is -0.465 e. The molecule has 1 amide bonds. The normalized spacial score (nSPS) is 15.0. The number of hydrogen-bond donors (Lipinski definition) is 2. The Labute approximate surface area is 383 Å². The minimum atomic E-state index is -1.49. The van der Waals surface area contributed by atoms with Gasteiger partial charge in [0.2, 0.25) is 5.91 Å². The van der Waals surface area contributed by atoms with E-state index in [-0.39, 0.29) is 69.0 Å². The van der Waals surface area contributed by atoms with E-state index >= 15 is 0 Å². The van der Waals surface area contributed by atoms with Crippen molar-refractivity contribution >= 4 is 29.8 Å². The van der Waals surface area contributed by atoms with Crippen LogP contribution in [0, 0.1) is 17.3 Å². The molecule has 368 valence electrons. The second-order valence-corrected chi connectivity index (χ2v) is 19.0. The van der Waals surface area contributed by atoms with E-state index in [9.17, 15) is 29.1 Å². The van der Waals surface area contributed by atoms with Crippen LogP contribution in [0.15, 0.2) is 0 Å². The summed E-state index contributed by atoms with van der Waals surface area (Å²) in [5.74, 6) is -2.87. The molecule has 1 heterocycles. The van der Waals surface area contributed by atoms with Crippen LogP contribution in [0.3, 0.4) is 0 Å². The van der Waals surface area contributed by atoms with E-state index in [1.165, 1.54) is 38.5 Å². The van der Waals surface area contributed by atoms with Crippen molar-refractivity contribution in [2.24, 2.45) is 17.3 Å². The van der Waals surface area contributed by atoms with Gasteiger partial charge in [0.05, 0.1) is 31.3 Å². The van der Waals surface area contributed by atoms with E-state index in [0.717, 1.165) is 142 Å². The predicted octanol–water partition coefficient (Wildman–Crippen LogP) is 10.6. The summed E-state index contributed by atoms with van der Waals surface area (Å²) in [7, 11) is 0. The molecule has 1 saturated heterocycles. The molecular formula is C51H94N2O10. The zero-order valence-electron chi connectivity index (χ0n) is 41.1. The average molecular weight is 895 g/mol. The monoisotopic (exact) mass is 895 g/mol. The number of rotatable bonds is 41. The number of nitrogens with zero attached hydrogens (tertiary/aromatic N) is 1. The highest BCUT2D eigenvalue weighted by atomic mass is 16.6. The molecule has 63 heavy (non-hydrogen) atoms. The van der Waals surface area contributed by atoms with Gasteiger partial charge >= 0.3 is 23.9 Å². The van der Waals surface area contributed by atoms with Crippen LogP contribution in [0.1, 0.15) is 221 Å². The van der Waals surface area contributed by atoms with Crippen molar-refractivity contribution in [2.45, 2.75) is 234 Å². The highest BCUT2D eigenvalue weighted by molar-refractivity contribution is 5.82. The molecule has 2 N–H and O–H groups in total. The molecule has 1 aliphatic rings. The van der Waals surface area contributed by atoms with E-state index in [2.05, 4.69) is 37.9 Å². The quantitative estimate of drug-likeness (QED) is 0.0342. The van der Waals surface area contributed by atoms with Crippen molar-refractivity contribution < 1.29 is 48.0 Å². The van der Waals surface area contributed by atoms with E-state index < -0.39 is 29.5 Å². The maximum Gasteiger partial charge on any atom is 0.309 e. The lowest BCUT2D eigenvalue weighted by molar-refractivity contribution is -0.171. The summed E-state index contributed by atoms with van der Waals surface area (Å²) in [6.45, 7) is 13.9. The largest absolute Gasteiger partial charge is 0.465 e. The van der Waals surface area contributed by atoms with Crippen LogP contribution in [0.5, 0.6) is 0 Å². The molecule has 12 heteroatoms. The number of carbonyl (C=O) groups excluding carboxylic acids is 5. The molecule has 0 aliphatic carbocycles. The molecule has 0 aromatic carbocycles. The van der Waals surface area contributed by atoms with E-state index in [4.69, 9.17) is 18.9 Å². The summed E-state index contributed by atoms with van der Waals surface area (Å²) in [4.78, 5) is 67.9. The van der Waals surface area contributed by atoms with Gasteiger partial charge in [0.25, 0.3) is 0 Å². The molecule has 0 spiro atoms. The van der Waals surface area contributed by atoms with Crippen molar-refractivity contribution in [3.05, 3.63) is 0 Å². The fourth-order valence-corrected chi connectivity index (χ4v) is 8.08. The SMILES string of the molecule is CCCCCCCCC(CCCCCC)C(=O)OCC(COC(=O)CCNC(=O)[C@H](O)C(C)(C)COC(=O)CCN1CCCC1)OC(=O)C(CCCCCC)CCCCCCCC. The number of ether oxygens (including phenoxy) is 4. The molecule has 0 radical (unpaired) electrons. The first-order valence-corrected chi connectivity index (χ1v) is 25.7. The van der Waals surface area contributed by atoms with Gasteiger partial charge < -0.3 is 34.3 Å². The second kappa shape index (κ2) is 37.5. The maximum absolute atomic E-state index is 13.8. The van der Waals surface area contributed by atoms with E-state index in [1.54, 1.807) is 13.8 Å². The van der Waals surface area contributed by atoms with Gasteiger partial charge in [0.15, 0.2) is 6.10 Å². The Morgan fingerprint density at radius 1 is 0.571 bits per heavy atom. The fraction of sp³-hybridized carbons (Fsp3) is 0.902. The van der Waals surface area contributed by atoms with Crippen LogP contribution in [0.25, 0.3) is 0 Å². The number of aliphatic hydroxyl groups is 1. The predicted molar refractivity (Wildman–Crippen MR) is 251 cm³/mol. The van der Waals surface area contributed by atoms with Crippen LogP contribution < -0.4 is 5.32 Å². The number of hydrogen-bond acceptors (Lipinski definition) is 11. The molecule has 1 rings (SSSR count). The Kier molecular flexibility index (Phi) is 34.7. The van der Waals surface area contributed by atoms with Gasteiger partial charge in [-0.3, -0.25) is 24.0 Å². The standard InChI is InChI=1S/C51H94N2O10/c1-7-11-15-19-21-25-30-42(29-23-17-13-9-3)49(58)61-40-44(63-50(59)43(31-24-18-14-10-4)32-26-22-20-16-12-8-2)39-60-45(54)33-35-52-48(57)47(56)51(5,6)41-62-46(55)34-38-53-36-27-28-37-53/h42-44,47,56H,7-41H2,1-6H3,(H,52,57)/t42?,43?,44?,47-/m0/s1. The summed E-state index contributed by atoms with van der Waals surface area (Å²) in [5, 5.41) is 13.4. The van der Waals surface area contributed by atoms with Gasteiger partial charge in [0, 0.05) is 18.5 Å². The number of aliphatic hydroxyl groups excluding tert-OH is 1. The summed E-state index contributed by atoms with van der Waals surface area (Å²) < 4.78 is 22.9. The average Bonchev–Trinajstić information content (AvgIpc) is 3.80. The Morgan fingerprint density at radius 2 is 1.00 bits per heavy atom. The third-order valence-corrected chi connectivity index (χ3v) is 12.5. The zero-order valence-corrected chi connectivity index (χ0v) is 41.1. The number of carbonyl (C=O) groups is 5. The lowest BCUT2D eigenvalue weighted by Gasteiger charge is -2.29. The number of likely N-dealkylation sites (tertiary alicyclic amines) is 1. The molecule has 0 bridgehead atoms. The lowest BCUT2D eigenvalue weighted by Crippen LogP contribution is -2.46. The van der Waals surface area contributed by atoms with Gasteiger partial charge in [-0.1, -0.05) is 170 Å². The van der Waals surface area contributed by atoms with Crippen LogP contribution >= 0.6 is 0 Å². The topological polar surface area (TPSA) is 158 Å². The molecule has 1 aliphatic heterocycles. The first-order chi connectivity index (χ1) is 30.4. The molecule has 1 fully saturated rings. The molecule has 0 aromatic heterocycles. The van der Waals surface area contributed by atoms with Crippen molar-refractivity contribution in [3.63, 3.8) is 0 Å². The third kappa shape index (κ3) is 29.4. The van der Waals surface area contributed by atoms with Crippen LogP contribution in [0.4, 0.5) is 0 Å². The minimum absolute atomic E-state index is 0.101. The molecule has 0 aromatic rings. The highest BCUT2D eigenvalue weighted by Crippen LogP contribution is 2.24. The lowest BCUT2D eigenvalue weighted by atomic mass is 9.87. The van der Waals surface area contributed by atoms with Crippen LogP contribution in [0.2, 0.25) is 0 Å². The van der Waals surface area contributed by atoms with Gasteiger partial charge in [0.1, 0.15) is 19.3 Å². The van der Waals surface area contributed by atoms with Crippen molar-refractivity contribution in [1.29, 1.82) is 0 Å². The van der Waals surface area contributed by atoms with Crippen molar-refractivity contribution in [3.8, 4) is 0 Å². The first kappa shape index (κ1) is 58.3. The number of unbranched alkanes of at least 4 members (excludes halogenated alkanes) is 16. The summed E-state index contributed by atoms with van der Waals surface area (Å²) in [5.41, 5.74) is -1.06. The molecule has 3 unspecified atom stereocenters. The maximum atomic E-state index is 13.8. The van der Waals surface area contributed by atoms with Gasteiger partial charge in [-0.15, -0.1) is 0 Å². The molecular weight excluding hydrogens is 801 g/mol. The second-order valence-electron chi connectivity index (χ2n) is 19.0. The number of nitrogens with one attached hydrogen (secondary N) is 1. The highest BCUT2D eigenvalue weighted by Gasteiger charge is 2.35. The first-order valence-electron chi connectivity index (χ1n) is 25.7. The molecule has 12 nitrogen and oxygen atoms in total. The van der Waals surface area contributed by atoms with E-state index in [1.807, 2.05) is 0 Å². The van der Waals surface area contributed by atoms with Crippen molar-refractivity contribution in [1.82, 2.24) is 10.2 Å². The summed E-state index contributed by atoms with van der Waals surface area (Å²) in [6, 6.07) is 0. The fourth-order valence-electron chi connectivity index (χ4n) is 8.08. The number of amides is 1. The van der Waals surface area contributed by atoms with Gasteiger partial charge in [-0.05, 0) is 51.6 Å². The molecule has 0 saturated carbocycles. The Bertz CT molecular complexity index is 1210. The van der Waals surface area contributed by atoms with Crippen molar-refractivity contribution in [2.75, 3.05) is 46.0 Å². The zero-order chi connectivity index (χ0) is 46.6. The summed E-state index contributed by atoms with van der Waals surface area (Å²) in [6.07, 6.45) is 24.8. The Balaban J connectivity index is 2.91. The van der Waals surface area contributed by atoms with E-state index in [0.29, 0.717) is 6.54 Å². The van der Waals surface area contributed by atoms with Crippen LogP contribution in [-0.4, -0.2) is 98.0 Å². The Morgan fingerprint density at radius 3 is 1.51 bits per heavy atom. The van der Waals surface area contributed by atoms with Gasteiger partial charge in [-0.2, -0.15) is 0 Å².